The van der Waals surface area contributed by atoms with Crippen LogP contribution in [-0.4, -0.2) is 29.4 Å². The van der Waals surface area contributed by atoms with E-state index < -0.39 is 0 Å². The summed E-state index contributed by atoms with van der Waals surface area (Å²) in [7, 11) is 1.89. The van der Waals surface area contributed by atoms with Gasteiger partial charge in [-0.2, -0.15) is 14.7 Å². The number of nitrogens with one attached hydrogen (secondary N) is 1. The van der Waals surface area contributed by atoms with Gasteiger partial charge in [0.25, 0.3) is 0 Å². The first-order valence-corrected chi connectivity index (χ1v) is 8.15. The summed E-state index contributed by atoms with van der Waals surface area (Å²) < 4.78 is 3.59. The molecule has 1 atom stereocenters. The van der Waals surface area contributed by atoms with Gasteiger partial charge in [0.2, 0.25) is 0 Å². The van der Waals surface area contributed by atoms with E-state index in [-0.39, 0.29) is 6.04 Å². The summed E-state index contributed by atoms with van der Waals surface area (Å²) in [6.45, 7) is 4.02. The predicted octanol–water partition coefficient (Wildman–Crippen LogP) is 3.01. The normalized spacial score (nSPS) is 12.4. The second-order valence-corrected chi connectivity index (χ2v) is 6.06. The highest BCUT2D eigenvalue weighted by Crippen LogP contribution is 2.25. The maximum absolute atomic E-state index is 4.74. The number of hydrogen-bond donors (Lipinski definition) is 1. The summed E-state index contributed by atoms with van der Waals surface area (Å²) in [5.41, 5.74) is 3.71. The van der Waals surface area contributed by atoms with Crippen LogP contribution in [-0.2, 0) is 7.05 Å². The minimum atomic E-state index is -0.0220. The summed E-state index contributed by atoms with van der Waals surface area (Å²) in [4.78, 5) is 9.06. The number of aryl methyl sites for hydroxylation is 2. The Labute approximate surface area is 145 Å². The maximum Gasteiger partial charge on any atom is 0.158 e. The lowest BCUT2D eigenvalue weighted by atomic mass is 10.1. The van der Waals surface area contributed by atoms with Crippen molar-refractivity contribution in [1.82, 2.24) is 29.4 Å². The van der Waals surface area contributed by atoms with Crippen LogP contribution in [0.5, 0.6) is 0 Å². The molecule has 4 rings (SSSR count). The fraction of sp³-hybridized carbons (Fsp3) is 0.222. The van der Waals surface area contributed by atoms with E-state index in [1.165, 1.54) is 0 Å². The molecule has 0 aliphatic rings. The second kappa shape index (κ2) is 6.01. The van der Waals surface area contributed by atoms with Crippen LogP contribution in [0.1, 0.15) is 24.5 Å². The summed E-state index contributed by atoms with van der Waals surface area (Å²) in [6.07, 6.45) is 1.56. The second-order valence-electron chi connectivity index (χ2n) is 6.06. The minimum Gasteiger partial charge on any atom is -0.360 e. The van der Waals surface area contributed by atoms with Crippen molar-refractivity contribution in [2.45, 2.75) is 19.9 Å². The molecule has 0 saturated heterocycles. The number of nitrogens with zero attached hydrogens (tertiary/aromatic N) is 6. The zero-order chi connectivity index (χ0) is 17.4. The van der Waals surface area contributed by atoms with E-state index in [1.54, 1.807) is 11.0 Å². The highest BCUT2D eigenvalue weighted by molar-refractivity contribution is 5.66. The Morgan fingerprint density at radius 1 is 1.12 bits per heavy atom. The fourth-order valence-corrected chi connectivity index (χ4v) is 2.93. The highest BCUT2D eigenvalue weighted by atomic mass is 15.3. The first kappa shape index (κ1) is 15.3. The molecule has 4 aromatic rings. The van der Waals surface area contributed by atoms with Crippen molar-refractivity contribution in [2.75, 3.05) is 5.32 Å². The third-order valence-electron chi connectivity index (χ3n) is 4.12. The molecule has 0 fully saturated rings. The molecule has 0 saturated carbocycles. The molecule has 7 nitrogen and oxygen atoms in total. The zero-order valence-corrected chi connectivity index (χ0v) is 14.4. The van der Waals surface area contributed by atoms with Crippen molar-refractivity contribution in [3.8, 4) is 11.3 Å². The van der Waals surface area contributed by atoms with Crippen LogP contribution in [0, 0.1) is 6.92 Å². The van der Waals surface area contributed by atoms with Crippen molar-refractivity contribution >= 4 is 11.5 Å². The molecule has 0 radical (unpaired) electrons. The molecular weight excluding hydrogens is 314 g/mol. The van der Waals surface area contributed by atoms with Gasteiger partial charge in [0.05, 0.1) is 17.4 Å². The SMILES string of the molecule is Cc1cc2nc(-c3ccccc3)cc(NC(C)c3ncnn3C)n2n1. The monoisotopic (exact) mass is 333 g/mol. The van der Waals surface area contributed by atoms with Crippen molar-refractivity contribution in [2.24, 2.45) is 7.05 Å². The van der Waals surface area contributed by atoms with Gasteiger partial charge in [-0.3, -0.25) is 4.68 Å². The van der Waals surface area contributed by atoms with Gasteiger partial charge in [0.1, 0.15) is 18.0 Å². The topological polar surface area (TPSA) is 72.9 Å². The largest absolute Gasteiger partial charge is 0.360 e. The van der Waals surface area contributed by atoms with E-state index in [9.17, 15) is 0 Å². The predicted molar refractivity (Wildman–Crippen MR) is 96.2 cm³/mol. The average molecular weight is 333 g/mol. The molecule has 1 aromatic carbocycles. The van der Waals surface area contributed by atoms with Gasteiger partial charge in [0.15, 0.2) is 5.65 Å². The van der Waals surface area contributed by atoms with Crippen molar-refractivity contribution in [3.05, 3.63) is 60.3 Å². The molecule has 7 heteroatoms. The van der Waals surface area contributed by atoms with E-state index in [1.807, 2.05) is 48.8 Å². The number of fused-ring (bicyclic) bond motifs is 1. The van der Waals surface area contributed by atoms with Gasteiger partial charge < -0.3 is 5.32 Å². The molecule has 1 unspecified atom stereocenters. The Balaban J connectivity index is 1.80. The van der Waals surface area contributed by atoms with E-state index in [4.69, 9.17) is 4.98 Å². The highest BCUT2D eigenvalue weighted by Gasteiger charge is 2.15. The van der Waals surface area contributed by atoms with Crippen LogP contribution >= 0.6 is 0 Å². The molecule has 25 heavy (non-hydrogen) atoms. The molecule has 0 amide bonds. The van der Waals surface area contributed by atoms with Crippen molar-refractivity contribution in [3.63, 3.8) is 0 Å². The number of benzene rings is 1. The van der Waals surface area contributed by atoms with E-state index in [0.717, 1.165) is 34.2 Å². The zero-order valence-electron chi connectivity index (χ0n) is 14.4. The quantitative estimate of drug-likeness (QED) is 0.621. The lowest BCUT2D eigenvalue weighted by Gasteiger charge is -2.16. The molecule has 3 heterocycles. The summed E-state index contributed by atoms with van der Waals surface area (Å²) in [6, 6.07) is 14.1. The first-order valence-electron chi connectivity index (χ1n) is 8.15. The maximum atomic E-state index is 4.74. The third-order valence-corrected chi connectivity index (χ3v) is 4.12. The van der Waals surface area contributed by atoms with Gasteiger partial charge in [-0.15, -0.1) is 0 Å². The van der Waals surface area contributed by atoms with Crippen molar-refractivity contribution < 1.29 is 0 Å². The van der Waals surface area contributed by atoms with Gasteiger partial charge in [0, 0.05) is 24.7 Å². The molecule has 0 spiro atoms. The fourth-order valence-electron chi connectivity index (χ4n) is 2.93. The van der Waals surface area contributed by atoms with Crippen LogP contribution in [0.25, 0.3) is 16.9 Å². The third kappa shape index (κ3) is 2.84. The van der Waals surface area contributed by atoms with E-state index >= 15 is 0 Å². The van der Waals surface area contributed by atoms with Gasteiger partial charge in [-0.05, 0) is 13.8 Å². The van der Waals surface area contributed by atoms with Gasteiger partial charge in [-0.25, -0.2) is 9.97 Å². The van der Waals surface area contributed by atoms with Gasteiger partial charge in [-0.1, -0.05) is 30.3 Å². The minimum absolute atomic E-state index is 0.0220. The first-order chi connectivity index (χ1) is 12.1. The van der Waals surface area contributed by atoms with E-state index in [2.05, 4.69) is 39.6 Å². The number of anilines is 1. The smallest absolute Gasteiger partial charge is 0.158 e. The average Bonchev–Trinajstić information content (AvgIpc) is 3.20. The molecule has 0 bridgehead atoms. The Kier molecular flexibility index (Phi) is 3.68. The van der Waals surface area contributed by atoms with Crippen LogP contribution in [0.2, 0.25) is 0 Å². The Bertz CT molecular complexity index is 1020. The molecule has 126 valence electrons. The molecule has 3 aromatic heterocycles. The standard InChI is InChI=1S/C18H19N7/c1-12-9-16-22-15(14-7-5-4-6-8-14)10-17(25(16)23-12)21-13(2)18-19-11-20-24(18)3/h4-11,13,21H,1-3H3. The van der Waals surface area contributed by atoms with Crippen LogP contribution in [0.3, 0.4) is 0 Å². The summed E-state index contributed by atoms with van der Waals surface area (Å²) in [5, 5.41) is 12.2. The van der Waals surface area contributed by atoms with Crippen LogP contribution in [0.15, 0.2) is 48.8 Å². The molecule has 0 aliphatic carbocycles. The lowest BCUT2D eigenvalue weighted by Crippen LogP contribution is -2.15. The number of rotatable bonds is 4. The van der Waals surface area contributed by atoms with Crippen LogP contribution < -0.4 is 5.32 Å². The lowest BCUT2D eigenvalue weighted by molar-refractivity contribution is 0.658. The van der Waals surface area contributed by atoms with E-state index in [0.29, 0.717) is 0 Å². The Morgan fingerprint density at radius 3 is 2.64 bits per heavy atom. The number of aromatic nitrogens is 6. The molecular formula is C18H19N7. The van der Waals surface area contributed by atoms with Crippen LogP contribution in [0.4, 0.5) is 5.82 Å². The van der Waals surface area contributed by atoms with Crippen molar-refractivity contribution in [1.29, 1.82) is 0 Å². The molecule has 0 aliphatic heterocycles. The Morgan fingerprint density at radius 2 is 1.92 bits per heavy atom. The number of hydrogen-bond acceptors (Lipinski definition) is 5. The van der Waals surface area contributed by atoms with Gasteiger partial charge >= 0.3 is 0 Å². The molecule has 1 N–H and O–H groups in total. The Hall–Kier alpha value is -3.22. The summed E-state index contributed by atoms with van der Waals surface area (Å²) >= 11 is 0. The summed E-state index contributed by atoms with van der Waals surface area (Å²) in [5.74, 6) is 1.72.